The molecule has 2 rings (SSSR count). The summed E-state index contributed by atoms with van der Waals surface area (Å²) >= 11 is 1.92. The predicted molar refractivity (Wildman–Crippen MR) is 85.5 cm³/mol. The lowest BCUT2D eigenvalue weighted by Gasteiger charge is -2.40. The molecule has 0 amide bonds. The second kappa shape index (κ2) is 5.95. The molecule has 0 aromatic heterocycles. The first kappa shape index (κ1) is 15.0. The number of aryl methyl sites for hydroxylation is 1. The van der Waals surface area contributed by atoms with Crippen LogP contribution in [0.25, 0.3) is 0 Å². The molecule has 20 heavy (non-hydrogen) atoms. The summed E-state index contributed by atoms with van der Waals surface area (Å²) in [5, 5.41) is 3.44. The van der Waals surface area contributed by atoms with Gasteiger partial charge in [0, 0.05) is 22.7 Å². The number of ether oxygens (including phenoxy) is 1. The van der Waals surface area contributed by atoms with Crippen molar-refractivity contribution in [1.29, 1.82) is 0 Å². The summed E-state index contributed by atoms with van der Waals surface area (Å²) in [4.78, 5) is 11.7. The van der Waals surface area contributed by atoms with Crippen LogP contribution in [0.5, 0.6) is 0 Å². The molecule has 0 aliphatic heterocycles. The van der Waals surface area contributed by atoms with Crippen LogP contribution in [0.15, 0.2) is 12.1 Å². The second-order valence-electron chi connectivity index (χ2n) is 5.34. The van der Waals surface area contributed by atoms with Gasteiger partial charge in [-0.1, -0.05) is 6.42 Å². The van der Waals surface area contributed by atoms with E-state index in [1.807, 2.05) is 24.8 Å². The fourth-order valence-corrected chi connectivity index (χ4v) is 3.38. The summed E-state index contributed by atoms with van der Waals surface area (Å²) < 4.78 is 5.12. The zero-order valence-electron chi connectivity index (χ0n) is 12.3. The molecule has 1 aromatic rings. The molecule has 4 nitrogen and oxygen atoms in total. The molecule has 1 aliphatic rings. The average Bonchev–Trinajstić information content (AvgIpc) is 2.40. The van der Waals surface area contributed by atoms with Gasteiger partial charge in [-0.2, -0.15) is 11.8 Å². The Morgan fingerprint density at radius 1 is 1.50 bits per heavy atom. The van der Waals surface area contributed by atoms with Crippen molar-refractivity contribution in [2.24, 2.45) is 0 Å². The SMILES string of the molecule is COC(=O)c1cc(NCC2(SC)CCC2)cc(C)c1N. The number of carbonyl (C=O) groups excluding carboxylic acids is 1. The van der Waals surface area contributed by atoms with Crippen LogP contribution in [0.2, 0.25) is 0 Å². The molecule has 110 valence electrons. The minimum Gasteiger partial charge on any atom is -0.465 e. The Hall–Kier alpha value is -1.36. The lowest BCUT2D eigenvalue weighted by molar-refractivity contribution is 0.0602. The Balaban J connectivity index is 2.16. The van der Waals surface area contributed by atoms with Gasteiger partial charge in [0.2, 0.25) is 0 Å². The highest BCUT2D eigenvalue weighted by Gasteiger charge is 2.35. The van der Waals surface area contributed by atoms with Crippen LogP contribution in [0.3, 0.4) is 0 Å². The van der Waals surface area contributed by atoms with E-state index in [0.717, 1.165) is 17.8 Å². The van der Waals surface area contributed by atoms with Gasteiger partial charge in [-0.25, -0.2) is 4.79 Å². The van der Waals surface area contributed by atoms with Crippen molar-refractivity contribution in [3.63, 3.8) is 0 Å². The first-order valence-electron chi connectivity index (χ1n) is 6.79. The minimum absolute atomic E-state index is 0.348. The fourth-order valence-electron chi connectivity index (χ4n) is 2.47. The summed E-state index contributed by atoms with van der Waals surface area (Å²) in [5.74, 6) is -0.391. The standard InChI is InChI=1S/C15H22N2O2S/c1-10-7-11(8-12(13(10)16)14(18)19-2)17-9-15(20-3)5-4-6-15/h7-8,17H,4-6,9,16H2,1-3H3. The number of anilines is 2. The van der Waals surface area contributed by atoms with Gasteiger partial charge >= 0.3 is 5.97 Å². The maximum atomic E-state index is 11.7. The largest absolute Gasteiger partial charge is 0.465 e. The van der Waals surface area contributed by atoms with Crippen molar-refractivity contribution in [3.05, 3.63) is 23.3 Å². The number of thioether (sulfide) groups is 1. The number of hydrogen-bond donors (Lipinski definition) is 2. The molecule has 1 aliphatic carbocycles. The van der Waals surface area contributed by atoms with Crippen LogP contribution < -0.4 is 11.1 Å². The normalized spacial score (nSPS) is 16.4. The summed E-state index contributed by atoms with van der Waals surface area (Å²) in [7, 11) is 1.37. The molecule has 3 N–H and O–H groups in total. The summed E-state index contributed by atoms with van der Waals surface area (Å²) in [6.45, 7) is 2.82. The number of benzene rings is 1. The van der Waals surface area contributed by atoms with Crippen molar-refractivity contribution >= 4 is 29.1 Å². The third-order valence-electron chi connectivity index (χ3n) is 4.10. The van der Waals surface area contributed by atoms with E-state index in [4.69, 9.17) is 10.5 Å². The van der Waals surface area contributed by atoms with Gasteiger partial charge in [-0.3, -0.25) is 0 Å². The summed E-state index contributed by atoms with van der Waals surface area (Å²) in [5.41, 5.74) is 8.68. The maximum Gasteiger partial charge on any atom is 0.340 e. The highest BCUT2D eigenvalue weighted by Crippen LogP contribution is 2.42. The van der Waals surface area contributed by atoms with Crippen molar-refractivity contribution in [2.45, 2.75) is 30.9 Å². The Morgan fingerprint density at radius 3 is 2.70 bits per heavy atom. The number of carbonyl (C=O) groups is 1. The number of methoxy groups -OCH3 is 1. The van der Waals surface area contributed by atoms with E-state index in [0.29, 0.717) is 16.0 Å². The zero-order valence-corrected chi connectivity index (χ0v) is 13.1. The Kier molecular flexibility index (Phi) is 4.48. The molecule has 0 saturated heterocycles. The van der Waals surface area contributed by atoms with E-state index < -0.39 is 5.97 Å². The number of nitrogens with one attached hydrogen (secondary N) is 1. The van der Waals surface area contributed by atoms with Gasteiger partial charge in [0.05, 0.1) is 12.7 Å². The number of nitrogen functional groups attached to an aromatic ring is 1. The molecule has 0 heterocycles. The average molecular weight is 294 g/mol. The maximum absolute atomic E-state index is 11.7. The number of esters is 1. The van der Waals surface area contributed by atoms with Gasteiger partial charge in [-0.15, -0.1) is 0 Å². The van der Waals surface area contributed by atoms with Gasteiger partial charge in [0.25, 0.3) is 0 Å². The zero-order chi connectivity index (χ0) is 14.8. The van der Waals surface area contributed by atoms with Crippen LogP contribution in [0.4, 0.5) is 11.4 Å². The topological polar surface area (TPSA) is 64.3 Å². The van der Waals surface area contributed by atoms with Crippen molar-refractivity contribution in [3.8, 4) is 0 Å². The summed E-state index contributed by atoms with van der Waals surface area (Å²) in [6, 6.07) is 3.76. The van der Waals surface area contributed by atoms with Gasteiger partial charge in [0.15, 0.2) is 0 Å². The third kappa shape index (κ3) is 2.87. The highest BCUT2D eigenvalue weighted by molar-refractivity contribution is 8.00. The molecule has 0 unspecified atom stereocenters. The van der Waals surface area contributed by atoms with E-state index in [1.54, 1.807) is 6.07 Å². The summed E-state index contributed by atoms with van der Waals surface area (Å²) in [6.07, 6.45) is 5.96. The smallest absolute Gasteiger partial charge is 0.340 e. The predicted octanol–water partition coefficient (Wildman–Crippen LogP) is 3.06. The van der Waals surface area contributed by atoms with Gasteiger partial charge in [-0.05, 0) is 43.7 Å². The Labute approximate surface area is 124 Å². The van der Waals surface area contributed by atoms with Crippen molar-refractivity contribution < 1.29 is 9.53 Å². The van der Waals surface area contributed by atoms with E-state index in [2.05, 4.69) is 11.6 Å². The fraction of sp³-hybridized carbons (Fsp3) is 0.533. The molecule has 1 fully saturated rings. The Bertz CT molecular complexity index is 507. The molecular formula is C15H22N2O2S. The van der Waals surface area contributed by atoms with Crippen LogP contribution in [-0.2, 0) is 4.74 Å². The molecule has 1 aromatic carbocycles. The van der Waals surface area contributed by atoms with E-state index >= 15 is 0 Å². The molecular weight excluding hydrogens is 272 g/mol. The second-order valence-corrected chi connectivity index (χ2v) is 6.61. The lowest BCUT2D eigenvalue weighted by atomic mass is 9.84. The highest BCUT2D eigenvalue weighted by atomic mass is 32.2. The number of hydrogen-bond acceptors (Lipinski definition) is 5. The molecule has 5 heteroatoms. The molecule has 0 atom stereocenters. The van der Waals surface area contributed by atoms with Crippen LogP contribution in [-0.4, -0.2) is 30.6 Å². The molecule has 1 saturated carbocycles. The third-order valence-corrected chi connectivity index (χ3v) is 5.52. The van der Waals surface area contributed by atoms with Crippen LogP contribution >= 0.6 is 11.8 Å². The number of rotatable bonds is 5. The van der Waals surface area contributed by atoms with Crippen LogP contribution in [0.1, 0.15) is 35.2 Å². The lowest BCUT2D eigenvalue weighted by Crippen LogP contribution is -2.40. The Morgan fingerprint density at radius 2 is 2.20 bits per heavy atom. The van der Waals surface area contributed by atoms with Gasteiger partial charge < -0.3 is 15.8 Å². The first-order valence-corrected chi connectivity index (χ1v) is 8.01. The first-order chi connectivity index (χ1) is 9.51. The minimum atomic E-state index is -0.391. The number of nitrogens with two attached hydrogens (primary N) is 1. The van der Waals surface area contributed by atoms with Crippen molar-refractivity contribution in [2.75, 3.05) is 31.0 Å². The van der Waals surface area contributed by atoms with Crippen LogP contribution in [0, 0.1) is 6.92 Å². The van der Waals surface area contributed by atoms with E-state index in [-0.39, 0.29) is 0 Å². The van der Waals surface area contributed by atoms with Gasteiger partial charge in [0.1, 0.15) is 0 Å². The van der Waals surface area contributed by atoms with Crippen molar-refractivity contribution in [1.82, 2.24) is 0 Å². The molecule has 0 radical (unpaired) electrons. The van der Waals surface area contributed by atoms with E-state index in [9.17, 15) is 4.79 Å². The quantitative estimate of drug-likeness (QED) is 0.645. The van der Waals surface area contributed by atoms with E-state index in [1.165, 1.54) is 26.4 Å². The monoisotopic (exact) mass is 294 g/mol. The molecule has 0 spiro atoms. The molecule has 0 bridgehead atoms.